The van der Waals surface area contributed by atoms with Crippen molar-refractivity contribution >= 4 is 99.5 Å². The molecule has 290 valence electrons. The summed E-state index contributed by atoms with van der Waals surface area (Å²) in [5.41, 5.74) is 12.5. The number of rotatable bonds is 8. The molecular weight excluding hydrogens is 733 g/mol. The van der Waals surface area contributed by atoms with Crippen LogP contribution >= 0.6 is 0 Å². The van der Waals surface area contributed by atoms with Gasteiger partial charge in [0, 0.05) is 55.7 Å². The third kappa shape index (κ3) is 6.06. The number of para-hydroxylation sites is 2. The van der Waals surface area contributed by atoms with Gasteiger partial charge in [0.15, 0.2) is 11.2 Å². The number of nitrogens with zero attached hydrogens (tertiary/aromatic N) is 2. The lowest BCUT2D eigenvalue weighted by molar-refractivity contribution is 0.634. The van der Waals surface area contributed by atoms with Crippen LogP contribution in [0.5, 0.6) is 0 Å². The highest BCUT2D eigenvalue weighted by molar-refractivity contribution is 6.21. The predicted octanol–water partition coefficient (Wildman–Crippen LogP) is 17.0. The quantitative estimate of drug-likeness (QED) is 0.154. The Morgan fingerprint density at radius 1 is 0.317 bits per heavy atom. The Morgan fingerprint density at radius 2 is 0.717 bits per heavy atom. The molecule has 60 heavy (non-hydrogen) atoms. The molecule has 0 aliphatic carbocycles. The van der Waals surface area contributed by atoms with Crippen LogP contribution in [0, 0.1) is 0 Å². The van der Waals surface area contributed by atoms with Crippen LogP contribution < -0.4 is 9.80 Å². The molecule has 0 bridgehead atoms. The van der Waals surface area contributed by atoms with Crippen molar-refractivity contribution in [1.82, 2.24) is 0 Å². The minimum atomic E-state index is 0.430. The Labute approximate surface area is 349 Å². The van der Waals surface area contributed by atoms with Crippen molar-refractivity contribution in [3.63, 3.8) is 0 Å². The van der Waals surface area contributed by atoms with E-state index in [2.05, 4.69) is 219 Å². The Hall–Kier alpha value is -7.30. The van der Waals surface area contributed by atoms with Crippen molar-refractivity contribution in [2.75, 3.05) is 9.80 Å². The molecule has 4 nitrogen and oxygen atoms in total. The third-order valence-corrected chi connectivity index (χ3v) is 12.1. The first-order valence-corrected chi connectivity index (χ1v) is 21.0. The zero-order chi connectivity index (χ0) is 40.5. The molecule has 11 rings (SSSR count). The number of benzene rings is 9. The lowest BCUT2D eigenvalue weighted by Crippen LogP contribution is -2.10. The van der Waals surface area contributed by atoms with Gasteiger partial charge in [0.1, 0.15) is 11.2 Å². The van der Waals surface area contributed by atoms with Crippen LogP contribution in [0.15, 0.2) is 191 Å². The molecule has 0 amide bonds. The minimum Gasteiger partial charge on any atom is -0.452 e. The molecule has 2 heterocycles. The highest BCUT2D eigenvalue weighted by atomic mass is 16.4. The first-order valence-electron chi connectivity index (χ1n) is 21.0. The predicted molar refractivity (Wildman–Crippen MR) is 254 cm³/mol. The van der Waals surface area contributed by atoms with E-state index in [4.69, 9.17) is 8.83 Å². The molecular formula is C56H44N2O2. The first-order chi connectivity index (χ1) is 29.4. The maximum Gasteiger partial charge on any atom is 0.178 e. The second-order valence-electron chi connectivity index (χ2n) is 16.6. The molecule has 11 aromatic rings. The van der Waals surface area contributed by atoms with E-state index in [0.717, 1.165) is 99.5 Å². The number of furan rings is 2. The standard InChI is InChI=1S/C56H44N2O2/c1-35(2)37-13-11-19-45(27-37)57(43-15-7-5-8-16-43)47-23-21-39-31-51-49-25-26-50-52-32-40-22-24-48(58(44-17-9-6-10-18-44)46-20-12-14-38(28-46)36(3)4)30-42(40)34-54(52)60-56(50)55(49)59-53(51)33-41(39)29-47/h5-36H,1-4H3. The summed E-state index contributed by atoms with van der Waals surface area (Å²) in [6, 6.07) is 65.6. The van der Waals surface area contributed by atoms with E-state index in [9.17, 15) is 0 Å². The van der Waals surface area contributed by atoms with Crippen LogP contribution in [-0.2, 0) is 0 Å². The van der Waals surface area contributed by atoms with E-state index >= 15 is 0 Å². The monoisotopic (exact) mass is 776 g/mol. The highest BCUT2D eigenvalue weighted by Gasteiger charge is 2.20. The summed E-state index contributed by atoms with van der Waals surface area (Å²) in [5, 5.41) is 8.80. The normalized spacial score (nSPS) is 12.0. The molecule has 0 N–H and O–H groups in total. The zero-order valence-electron chi connectivity index (χ0n) is 34.2. The van der Waals surface area contributed by atoms with E-state index in [1.165, 1.54) is 11.1 Å². The van der Waals surface area contributed by atoms with Gasteiger partial charge in [-0.3, -0.25) is 0 Å². The molecule has 9 aromatic carbocycles. The molecule has 0 atom stereocenters. The molecule has 0 radical (unpaired) electrons. The van der Waals surface area contributed by atoms with Crippen molar-refractivity contribution in [2.24, 2.45) is 0 Å². The van der Waals surface area contributed by atoms with Gasteiger partial charge in [0.05, 0.1) is 0 Å². The molecule has 0 spiro atoms. The van der Waals surface area contributed by atoms with Gasteiger partial charge in [0.25, 0.3) is 0 Å². The van der Waals surface area contributed by atoms with Gasteiger partial charge in [0.2, 0.25) is 0 Å². The zero-order valence-corrected chi connectivity index (χ0v) is 34.2. The van der Waals surface area contributed by atoms with Gasteiger partial charge in [-0.2, -0.15) is 0 Å². The van der Waals surface area contributed by atoms with Crippen LogP contribution in [0.25, 0.3) is 65.4 Å². The molecule has 0 saturated carbocycles. The fourth-order valence-electron chi connectivity index (χ4n) is 8.90. The Bertz CT molecular complexity index is 3170. The van der Waals surface area contributed by atoms with E-state index in [1.54, 1.807) is 0 Å². The van der Waals surface area contributed by atoms with Gasteiger partial charge in [-0.05, 0) is 154 Å². The van der Waals surface area contributed by atoms with Crippen molar-refractivity contribution < 1.29 is 8.83 Å². The number of hydrogen-bond acceptors (Lipinski definition) is 4. The third-order valence-electron chi connectivity index (χ3n) is 12.1. The van der Waals surface area contributed by atoms with E-state index in [0.29, 0.717) is 11.8 Å². The average molecular weight is 777 g/mol. The van der Waals surface area contributed by atoms with Gasteiger partial charge in [-0.1, -0.05) is 100 Å². The van der Waals surface area contributed by atoms with Crippen LogP contribution in [-0.4, -0.2) is 0 Å². The average Bonchev–Trinajstić information content (AvgIpc) is 3.83. The van der Waals surface area contributed by atoms with Gasteiger partial charge < -0.3 is 18.6 Å². The second-order valence-corrected chi connectivity index (χ2v) is 16.6. The van der Waals surface area contributed by atoms with E-state index < -0.39 is 0 Å². The Kier molecular flexibility index (Phi) is 8.49. The molecule has 0 unspecified atom stereocenters. The fraction of sp³-hybridized carbons (Fsp3) is 0.107. The smallest absolute Gasteiger partial charge is 0.178 e. The van der Waals surface area contributed by atoms with Crippen LogP contribution in [0.4, 0.5) is 34.1 Å². The van der Waals surface area contributed by atoms with Gasteiger partial charge in [-0.15, -0.1) is 0 Å². The highest BCUT2D eigenvalue weighted by Crippen LogP contribution is 2.44. The Morgan fingerprint density at radius 3 is 1.13 bits per heavy atom. The fourth-order valence-corrected chi connectivity index (χ4v) is 8.90. The summed E-state index contributed by atoms with van der Waals surface area (Å²) in [5.74, 6) is 0.861. The summed E-state index contributed by atoms with van der Waals surface area (Å²) in [7, 11) is 0. The second kappa shape index (κ2) is 14.2. The van der Waals surface area contributed by atoms with Crippen molar-refractivity contribution in [3.05, 3.63) is 193 Å². The van der Waals surface area contributed by atoms with Gasteiger partial charge >= 0.3 is 0 Å². The first kappa shape index (κ1) is 35.8. The van der Waals surface area contributed by atoms with Crippen LogP contribution in [0.1, 0.15) is 50.7 Å². The summed E-state index contributed by atoms with van der Waals surface area (Å²) in [4.78, 5) is 4.67. The molecule has 0 aliphatic rings. The van der Waals surface area contributed by atoms with Crippen LogP contribution in [0.2, 0.25) is 0 Å². The van der Waals surface area contributed by atoms with Crippen LogP contribution in [0.3, 0.4) is 0 Å². The summed E-state index contributed by atoms with van der Waals surface area (Å²) in [6.07, 6.45) is 0. The summed E-state index contributed by atoms with van der Waals surface area (Å²) in [6.45, 7) is 8.97. The van der Waals surface area contributed by atoms with Crippen molar-refractivity contribution in [3.8, 4) is 0 Å². The van der Waals surface area contributed by atoms with Crippen molar-refractivity contribution in [1.29, 1.82) is 0 Å². The minimum absolute atomic E-state index is 0.430. The number of anilines is 6. The van der Waals surface area contributed by atoms with Crippen molar-refractivity contribution in [2.45, 2.75) is 39.5 Å². The summed E-state index contributed by atoms with van der Waals surface area (Å²) >= 11 is 0. The molecule has 0 saturated heterocycles. The lowest BCUT2D eigenvalue weighted by atomic mass is 10.0. The number of fused-ring (bicyclic) bond motifs is 9. The van der Waals surface area contributed by atoms with Gasteiger partial charge in [-0.25, -0.2) is 0 Å². The van der Waals surface area contributed by atoms with E-state index in [-0.39, 0.29) is 0 Å². The molecule has 0 fully saturated rings. The van der Waals surface area contributed by atoms with E-state index in [1.807, 2.05) is 0 Å². The SMILES string of the molecule is CC(C)c1cccc(N(c2ccccc2)c2ccc3cc4c(cc3c2)oc2c4ccc3c4cc5ccc(N(c6ccccc6)c6cccc(C(C)C)c6)cc5cc4oc32)c1. The largest absolute Gasteiger partial charge is 0.452 e. The number of hydrogen-bond donors (Lipinski definition) is 0. The molecule has 2 aromatic heterocycles. The lowest BCUT2D eigenvalue weighted by Gasteiger charge is -2.26. The Balaban J connectivity index is 1.02. The molecule has 0 aliphatic heterocycles. The summed E-state index contributed by atoms with van der Waals surface area (Å²) < 4.78 is 13.5. The maximum absolute atomic E-state index is 6.77. The maximum atomic E-state index is 6.77. The topological polar surface area (TPSA) is 32.8 Å². The molecule has 4 heteroatoms.